The van der Waals surface area contributed by atoms with Gasteiger partial charge in [0.1, 0.15) is 5.58 Å². The molecule has 0 aliphatic carbocycles. The van der Waals surface area contributed by atoms with Crippen molar-refractivity contribution in [2.75, 3.05) is 0 Å². The van der Waals surface area contributed by atoms with Crippen LogP contribution in [0.25, 0.3) is 93.0 Å². The number of rotatable bonds is 9. The van der Waals surface area contributed by atoms with Crippen LogP contribution in [-0.2, 0) is 5.54 Å². The second-order valence-corrected chi connectivity index (χ2v) is 17.1. The molecule has 2 unspecified atom stereocenters. The summed E-state index contributed by atoms with van der Waals surface area (Å²) < 4.78 is 13.8. The monoisotopic (exact) mass is 790 g/mol. The SMILES string of the molecule is CCCCC(C)(c1ccc2c(c1)c1ccccc1n2C(CC)c1ccc2c(c1)c1ccccc1n2-c1ccc2oc3cnccc3c2c1)n1c2ccccc2c2ccccc21. The van der Waals surface area contributed by atoms with Gasteiger partial charge in [-0.3, -0.25) is 4.98 Å². The highest BCUT2D eigenvalue weighted by molar-refractivity contribution is 6.12. The number of hydrogen-bond donors (Lipinski definition) is 0. The molecule has 12 aromatic rings. The van der Waals surface area contributed by atoms with Crippen LogP contribution in [0.3, 0.4) is 0 Å². The second-order valence-electron chi connectivity index (χ2n) is 17.1. The molecule has 61 heavy (non-hydrogen) atoms. The Morgan fingerprint density at radius 2 is 1.15 bits per heavy atom. The van der Waals surface area contributed by atoms with E-state index in [4.69, 9.17) is 4.42 Å². The van der Waals surface area contributed by atoms with Gasteiger partial charge in [0.15, 0.2) is 5.58 Å². The topological polar surface area (TPSA) is 40.8 Å². The Labute approximate surface area is 354 Å². The summed E-state index contributed by atoms with van der Waals surface area (Å²) in [6.45, 7) is 7.11. The molecule has 0 aliphatic heterocycles. The number of hydrogen-bond acceptors (Lipinski definition) is 2. The molecule has 0 N–H and O–H groups in total. The van der Waals surface area contributed by atoms with Gasteiger partial charge in [-0.05, 0) is 104 Å². The molecule has 0 spiro atoms. The van der Waals surface area contributed by atoms with Crippen LogP contribution in [0.5, 0.6) is 0 Å². The highest BCUT2D eigenvalue weighted by Crippen LogP contribution is 2.44. The quantitative estimate of drug-likeness (QED) is 0.146. The van der Waals surface area contributed by atoms with Gasteiger partial charge in [0.05, 0.1) is 28.8 Å². The number of benzene rings is 7. The van der Waals surface area contributed by atoms with Crippen LogP contribution >= 0.6 is 0 Å². The molecule has 5 heteroatoms. The van der Waals surface area contributed by atoms with Crippen LogP contribution in [0.4, 0.5) is 0 Å². The number of fused-ring (bicyclic) bond motifs is 12. The third-order valence-electron chi connectivity index (χ3n) is 13.7. The molecule has 296 valence electrons. The van der Waals surface area contributed by atoms with Crippen LogP contribution in [0, 0.1) is 0 Å². The molecule has 0 aliphatic rings. The lowest BCUT2D eigenvalue weighted by Gasteiger charge is -2.34. The van der Waals surface area contributed by atoms with Gasteiger partial charge in [-0.2, -0.15) is 0 Å². The maximum absolute atomic E-state index is 6.16. The maximum Gasteiger partial charge on any atom is 0.153 e. The molecule has 7 aromatic carbocycles. The van der Waals surface area contributed by atoms with E-state index < -0.39 is 0 Å². The number of furan rings is 1. The molecule has 12 rings (SSSR count). The van der Waals surface area contributed by atoms with Crippen LogP contribution in [-0.4, -0.2) is 18.7 Å². The number of para-hydroxylation sites is 4. The smallest absolute Gasteiger partial charge is 0.153 e. The summed E-state index contributed by atoms with van der Waals surface area (Å²) in [4.78, 5) is 4.29. The first-order valence-electron chi connectivity index (χ1n) is 21.9. The van der Waals surface area contributed by atoms with Crippen molar-refractivity contribution < 1.29 is 4.42 Å². The number of pyridine rings is 1. The molecule has 0 radical (unpaired) electrons. The standard InChI is InChI=1S/C56H46N4O/c1-4-6-30-56(3,60-52-21-13-9-15-39(52)40-16-10-14-22-53(40)60)37-24-27-51-45(33-37)42-18-8-12-20-49(42)59(51)47(5-2)36-23-26-50-44(32-36)41-17-7-11-19-48(41)58(50)38-25-28-54-46(34-38)43-29-31-57-35-55(43)61-54/h7-29,31-35,47H,4-6,30H2,1-3H3. The lowest BCUT2D eigenvalue weighted by Crippen LogP contribution is -2.31. The zero-order chi connectivity index (χ0) is 40.8. The van der Waals surface area contributed by atoms with Crippen molar-refractivity contribution in [2.45, 2.75) is 58.0 Å². The van der Waals surface area contributed by atoms with Crippen LogP contribution < -0.4 is 0 Å². The Hall–Kier alpha value is -7.11. The second kappa shape index (κ2) is 13.7. The first kappa shape index (κ1) is 35.8. The molecular weight excluding hydrogens is 745 g/mol. The van der Waals surface area contributed by atoms with E-state index in [2.05, 4.69) is 191 Å². The highest BCUT2D eigenvalue weighted by Gasteiger charge is 2.33. The van der Waals surface area contributed by atoms with Gasteiger partial charge in [0.2, 0.25) is 0 Å². The Morgan fingerprint density at radius 3 is 1.87 bits per heavy atom. The first-order chi connectivity index (χ1) is 30.1. The van der Waals surface area contributed by atoms with Gasteiger partial charge in [-0.25, -0.2) is 0 Å². The van der Waals surface area contributed by atoms with E-state index in [9.17, 15) is 0 Å². The van der Waals surface area contributed by atoms with Crippen LogP contribution in [0.15, 0.2) is 175 Å². The summed E-state index contributed by atoms with van der Waals surface area (Å²) in [6, 6.07) is 59.0. The summed E-state index contributed by atoms with van der Waals surface area (Å²) in [7, 11) is 0. The molecule has 5 nitrogen and oxygen atoms in total. The van der Waals surface area contributed by atoms with Crippen LogP contribution in [0.2, 0.25) is 0 Å². The van der Waals surface area contributed by atoms with E-state index in [1.54, 1.807) is 6.20 Å². The van der Waals surface area contributed by atoms with Crippen LogP contribution in [0.1, 0.15) is 63.6 Å². The average molecular weight is 791 g/mol. The van der Waals surface area contributed by atoms with E-state index in [0.29, 0.717) is 0 Å². The highest BCUT2D eigenvalue weighted by atomic mass is 16.3. The van der Waals surface area contributed by atoms with Gasteiger partial charge >= 0.3 is 0 Å². The summed E-state index contributed by atoms with van der Waals surface area (Å²) >= 11 is 0. The van der Waals surface area contributed by atoms with Crippen molar-refractivity contribution in [1.29, 1.82) is 0 Å². The van der Waals surface area contributed by atoms with Crippen molar-refractivity contribution in [2.24, 2.45) is 0 Å². The Bertz CT molecular complexity index is 3620. The third-order valence-corrected chi connectivity index (χ3v) is 13.7. The molecule has 0 amide bonds. The molecule has 0 saturated carbocycles. The summed E-state index contributed by atoms with van der Waals surface area (Å²) in [6.07, 6.45) is 7.92. The fraction of sp³-hybridized carbons (Fsp3) is 0.161. The molecule has 0 saturated heterocycles. The molecule has 0 fully saturated rings. The molecule has 5 aromatic heterocycles. The van der Waals surface area contributed by atoms with Gasteiger partial charge in [-0.15, -0.1) is 0 Å². The van der Waals surface area contributed by atoms with E-state index in [-0.39, 0.29) is 11.6 Å². The first-order valence-corrected chi connectivity index (χ1v) is 21.9. The number of nitrogens with zero attached hydrogens (tertiary/aromatic N) is 4. The Kier molecular flexibility index (Phi) is 8.05. The van der Waals surface area contributed by atoms with Crippen molar-refractivity contribution in [1.82, 2.24) is 18.7 Å². The average Bonchev–Trinajstić information content (AvgIpc) is 4.05. The Balaban J connectivity index is 1.03. The van der Waals surface area contributed by atoms with Gasteiger partial charge in [0.25, 0.3) is 0 Å². The molecule has 0 bridgehead atoms. The number of unbranched alkanes of at least 4 members (excludes halogenated alkanes) is 1. The van der Waals surface area contributed by atoms with Gasteiger partial charge < -0.3 is 18.1 Å². The molecule has 5 heterocycles. The van der Waals surface area contributed by atoms with E-state index in [0.717, 1.165) is 53.3 Å². The largest absolute Gasteiger partial charge is 0.454 e. The van der Waals surface area contributed by atoms with E-state index in [1.807, 2.05) is 12.3 Å². The predicted octanol–water partition coefficient (Wildman–Crippen LogP) is 15.2. The van der Waals surface area contributed by atoms with Crippen molar-refractivity contribution in [3.05, 3.63) is 181 Å². The van der Waals surface area contributed by atoms with E-state index >= 15 is 0 Å². The summed E-state index contributed by atoms with van der Waals surface area (Å²) in [5.74, 6) is 0. The van der Waals surface area contributed by atoms with E-state index in [1.165, 1.54) is 76.5 Å². The Morgan fingerprint density at radius 1 is 0.541 bits per heavy atom. The predicted molar refractivity (Wildman–Crippen MR) is 255 cm³/mol. The van der Waals surface area contributed by atoms with Gasteiger partial charge in [-0.1, -0.05) is 112 Å². The normalized spacial score (nSPS) is 13.8. The minimum atomic E-state index is -0.258. The fourth-order valence-corrected chi connectivity index (χ4v) is 10.8. The molecular formula is C56H46N4O. The van der Waals surface area contributed by atoms with Crippen molar-refractivity contribution in [3.63, 3.8) is 0 Å². The van der Waals surface area contributed by atoms with Crippen molar-refractivity contribution >= 4 is 87.4 Å². The van der Waals surface area contributed by atoms with Crippen molar-refractivity contribution in [3.8, 4) is 5.69 Å². The zero-order valence-corrected chi connectivity index (χ0v) is 34.8. The fourth-order valence-electron chi connectivity index (χ4n) is 10.8. The lowest BCUT2D eigenvalue weighted by atomic mass is 9.85. The molecule has 2 atom stereocenters. The number of aromatic nitrogens is 4. The minimum Gasteiger partial charge on any atom is -0.454 e. The zero-order valence-electron chi connectivity index (χ0n) is 34.8. The maximum atomic E-state index is 6.16. The summed E-state index contributed by atoms with van der Waals surface area (Å²) in [5, 5.41) is 9.92. The lowest BCUT2D eigenvalue weighted by molar-refractivity contribution is 0.371. The third kappa shape index (κ3) is 5.23. The summed E-state index contributed by atoms with van der Waals surface area (Å²) in [5.41, 5.74) is 12.7. The minimum absolute atomic E-state index is 0.130. The van der Waals surface area contributed by atoms with Gasteiger partial charge in [0, 0.05) is 77.0 Å².